The second-order valence-electron chi connectivity index (χ2n) is 5.15. The first-order chi connectivity index (χ1) is 12.5. The Morgan fingerprint density at radius 1 is 0.808 bits per heavy atom. The highest BCUT2D eigenvalue weighted by atomic mass is 16.5. The predicted octanol–water partition coefficient (Wildman–Crippen LogP) is 3.03. The maximum absolute atomic E-state index is 12.7. The average Bonchev–Trinajstić information content (AvgIpc) is 2.65. The van der Waals surface area contributed by atoms with Gasteiger partial charge in [-0.15, -0.1) is 0 Å². The van der Waals surface area contributed by atoms with E-state index < -0.39 is 11.5 Å². The lowest BCUT2D eigenvalue weighted by molar-refractivity contribution is 0.104. The highest BCUT2D eigenvalue weighted by molar-refractivity contribution is 6.12. The van der Waals surface area contributed by atoms with Gasteiger partial charge in [-0.3, -0.25) is 4.79 Å². The number of hydrogen-bond acceptors (Lipinski definition) is 7. The minimum atomic E-state index is -0.522. The standard InChI is InChI=1S/C19H20O7/c1-23-16-14(13(21)10-7-11-5-8-12(20)9-6-11)15(22)17(24-2)19(26-4)18(16)25-3/h5-10,20,22H,1-4H3. The number of benzene rings is 2. The zero-order valence-corrected chi connectivity index (χ0v) is 14.9. The van der Waals surface area contributed by atoms with Gasteiger partial charge in [-0.05, 0) is 23.8 Å². The topological polar surface area (TPSA) is 94.5 Å². The van der Waals surface area contributed by atoms with Crippen molar-refractivity contribution in [3.05, 3.63) is 41.5 Å². The molecule has 0 bridgehead atoms. The quantitative estimate of drug-likeness (QED) is 0.579. The third-order valence-corrected chi connectivity index (χ3v) is 3.68. The molecular weight excluding hydrogens is 340 g/mol. The molecule has 0 heterocycles. The number of ketones is 1. The van der Waals surface area contributed by atoms with E-state index in [2.05, 4.69) is 0 Å². The Morgan fingerprint density at radius 2 is 1.31 bits per heavy atom. The number of allylic oxidation sites excluding steroid dienone is 1. The maximum Gasteiger partial charge on any atom is 0.211 e. The van der Waals surface area contributed by atoms with Crippen molar-refractivity contribution >= 4 is 11.9 Å². The van der Waals surface area contributed by atoms with Crippen molar-refractivity contribution in [2.45, 2.75) is 0 Å². The maximum atomic E-state index is 12.7. The smallest absolute Gasteiger partial charge is 0.211 e. The minimum Gasteiger partial charge on any atom is -0.508 e. The lowest BCUT2D eigenvalue weighted by Gasteiger charge is -2.19. The van der Waals surface area contributed by atoms with Gasteiger partial charge in [0.25, 0.3) is 0 Å². The molecule has 2 rings (SSSR count). The van der Waals surface area contributed by atoms with Crippen LogP contribution in [0.3, 0.4) is 0 Å². The Kier molecular flexibility index (Phi) is 5.95. The molecule has 0 amide bonds. The Hall–Kier alpha value is -3.35. The third-order valence-electron chi connectivity index (χ3n) is 3.68. The fourth-order valence-corrected chi connectivity index (χ4v) is 2.47. The number of phenolic OH excluding ortho intramolecular Hbond substituents is 2. The third kappa shape index (κ3) is 3.51. The van der Waals surface area contributed by atoms with E-state index in [0.717, 1.165) is 0 Å². The summed E-state index contributed by atoms with van der Waals surface area (Å²) in [4.78, 5) is 12.7. The van der Waals surface area contributed by atoms with E-state index in [1.54, 1.807) is 18.2 Å². The molecule has 0 unspecified atom stereocenters. The van der Waals surface area contributed by atoms with Gasteiger partial charge in [-0.2, -0.15) is 0 Å². The van der Waals surface area contributed by atoms with Crippen LogP contribution in [0.15, 0.2) is 30.3 Å². The lowest BCUT2D eigenvalue weighted by Crippen LogP contribution is -2.05. The number of rotatable bonds is 7. The molecule has 138 valence electrons. The Morgan fingerprint density at radius 3 is 1.81 bits per heavy atom. The molecule has 0 spiro atoms. The van der Waals surface area contributed by atoms with Crippen molar-refractivity contribution in [1.29, 1.82) is 0 Å². The number of ether oxygens (including phenoxy) is 4. The van der Waals surface area contributed by atoms with Crippen molar-refractivity contribution in [2.75, 3.05) is 28.4 Å². The molecule has 2 aromatic rings. The number of carbonyl (C=O) groups is 1. The summed E-state index contributed by atoms with van der Waals surface area (Å²) in [5.74, 6) is -0.574. The summed E-state index contributed by atoms with van der Waals surface area (Å²) in [5, 5.41) is 19.8. The second kappa shape index (κ2) is 8.15. The average molecular weight is 360 g/mol. The monoisotopic (exact) mass is 360 g/mol. The summed E-state index contributed by atoms with van der Waals surface area (Å²) in [7, 11) is 5.45. The summed E-state index contributed by atoms with van der Waals surface area (Å²) in [5.41, 5.74) is 0.582. The van der Waals surface area contributed by atoms with Gasteiger partial charge in [0, 0.05) is 0 Å². The molecule has 2 aromatic carbocycles. The van der Waals surface area contributed by atoms with Gasteiger partial charge in [0.15, 0.2) is 17.3 Å². The van der Waals surface area contributed by atoms with Gasteiger partial charge < -0.3 is 29.2 Å². The molecular formula is C19H20O7. The van der Waals surface area contributed by atoms with Gasteiger partial charge >= 0.3 is 0 Å². The lowest BCUT2D eigenvalue weighted by atomic mass is 10.0. The summed E-state index contributed by atoms with van der Waals surface area (Å²) in [6.07, 6.45) is 2.82. The zero-order valence-electron chi connectivity index (χ0n) is 14.9. The summed E-state index contributed by atoms with van der Waals surface area (Å²) in [6, 6.07) is 6.29. The highest BCUT2D eigenvalue weighted by Crippen LogP contribution is 2.53. The zero-order chi connectivity index (χ0) is 19.3. The molecule has 26 heavy (non-hydrogen) atoms. The number of methoxy groups -OCH3 is 4. The number of carbonyl (C=O) groups excluding carboxylic acids is 1. The summed E-state index contributed by atoms with van der Waals surface area (Å²) < 4.78 is 20.9. The largest absolute Gasteiger partial charge is 0.508 e. The van der Waals surface area contributed by atoms with Crippen LogP contribution in [0.1, 0.15) is 15.9 Å². The summed E-state index contributed by atoms with van der Waals surface area (Å²) in [6.45, 7) is 0. The van der Waals surface area contributed by atoms with Crippen LogP contribution in [-0.4, -0.2) is 44.4 Å². The second-order valence-corrected chi connectivity index (χ2v) is 5.15. The normalized spacial score (nSPS) is 10.6. The predicted molar refractivity (Wildman–Crippen MR) is 95.8 cm³/mol. The van der Waals surface area contributed by atoms with Gasteiger partial charge in [0.05, 0.1) is 28.4 Å². The number of hydrogen-bond donors (Lipinski definition) is 2. The van der Waals surface area contributed by atoms with Crippen molar-refractivity contribution < 1.29 is 34.0 Å². The molecule has 2 N–H and O–H groups in total. The first-order valence-corrected chi connectivity index (χ1v) is 7.58. The molecule has 0 saturated heterocycles. The van der Waals surface area contributed by atoms with Gasteiger partial charge in [0.2, 0.25) is 17.2 Å². The van der Waals surface area contributed by atoms with Crippen molar-refractivity contribution in [2.24, 2.45) is 0 Å². The van der Waals surface area contributed by atoms with Crippen molar-refractivity contribution in [3.8, 4) is 34.5 Å². The first kappa shape index (κ1) is 19.0. The van der Waals surface area contributed by atoms with Crippen molar-refractivity contribution in [1.82, 2.24) is 0 Å². The molecule has 7 nitrogen and oxygen atoms in total. The fraction of sp³-hybridized carbons (Fsp3) is 0.211. The van der Waals surface area contributed by atoms with Crippen LogP contribution in [0.5, 0.6) is 34.5 Å². The van der Waals surface area contributed by atoms with Crippen LogP contribution in [0.2, 0.25) is 0 Å². The van der Waals surface area contributed by atoms with E-state index in [0.29, 0.717) is 5.56 Å². The molecule has 7 heteroatoms. The number of aromatic hydroxyl groups is 2. The molecule has 0 radical (unpaired) electrons. The van der Waals surface area contributed by atoms with Gasteiger partial charge in [0.1, 0.15) is 11.3 Å². The van der Waals surface area contributed by atoms with Crippen LogP contribution < -0.4 is 18.9 Å². The van der Waals surface area contributed by atoms with E-state index in [-0.39, 0.29) is 34.3 Å². The Balaban J connectivity index is 2.56. The number of phenols is 2. The molecule has 0 aliphatic carbocycles. The first-order valence-electron chi connectivity index (χ1n) is 7.58. The van der Waals surface area contributed by atoms with E-state index in [9.17, 15) is 15.0 Å². The molecule has 0 aromatic heterocycles. The summed E-state index contributed by atoms with van der Waals surface area (Å²) >= 11 is 0. The minimum absolute atomic E-state index is 0.0306. The van der Waals surface area contributed by atoms with Gasteiger partial charge in [-0.25, -0.2) is 0 Å². The molecule has 0 atom stereocenters. The molecule has 0 aliphatic heterocycles. The molecule has 0 fully saturated rings. The van der Waals surface area contributed by atoms with E-state index in [1.165, 1.54) is 46.6 Å². The van der Waals surface area contributed by atoms with Gasteiger partial charge in [-0.1, -0.05) is 18.2 Å². The highest BCUT2D eigenvalue weighted by Gasteiger charge is 2.30. The van der Waals surface area contributed by atoms with E-state index in [1.807, 2.05) is 0 Å². The van der Waals surface area contributed by atoms with Crippen LogP contribution in [0.25, 0.3) is 6.08 Å². The van der Waals surface area contributed by atoms with E-state index in [4.69, 9.17) is 18.9 Å². The molecule has 0 saturated carbocycles. The van der Waals surface area contributed by atoms with Crippen LogP contribution in [0, 0.1) is 0 Å². The van der Waals surface area contributed by atoms with Crippen molar-refractivity contribution in [3.63, 3.8) is 0 Å². The Labute approximate surface area is 151 Å². The fourth-order valence-electron chi connectivity index (χ4n) is 2.47. The van der Waals surface area contributed by atoms with Crippen LogP contribution in [-0.2, 0) is 0 Å². The molecule has 0 aliphatic rings. The van der Waals surface area contributed by atoms with E-state index >= 15 is 0 Å². The SMILES string of the molecule is COc1c(O)c(C(=O)C=Cc2ccc(O)cc2)c(OC)c(OC)c1OC. The van der Waals surface area contributed by atoms with Crippen LogP contribution in [0.4, 0.5) is 0 Å². The van der Waals surface area contributed by atoms with Crippen LogP contribution >= 0.6 is 0 Å². The Bertz CT molecular complexity index is 823.